The number of furan rings is 1. The Morgan fingerprint density at radius 3 is 2.54 bits per heavy atom. The van der Waals surface area contributed by atoms with Crippen molar-refractivity contribution < 1.29 is 14.0 Å². The number of nitrogens with zero attached hydrogens (tertiary/aromatic N) is 2. The lowest BCUT2D eigenvalue weighted by Crippen LogP contribution is -2.51. The minimum atomic E-state index is -0.0682. The van der Waals surface area contributed by atoms with Gasteiger partial charge in [0.05, 0.1) is 6.54 Å². The summed E-state index contributed by atoms with van der Waals surface area (Å²) in [6.07, 6.45) is 0. The van der Waals surface area contributed by atoms with Crippen LogP contribution in [0.5, 0.6) is 0 Å². The summed E-state index contributed by atoms with van der Waals surface area (Å²) in [5.41, 5.74) is 1.63. The van der Waals surface area contributed by atoms with Gasteiger partial charge >= 0.3 is 0 Å². The predicted octanol–water partition coefficient (Wildman–Crippen LogP) is 1.64. The summed E-state index contributed by atoms with van der Waals surface area (Å²) in [4.78, 5) is 28.3. The number of rotatable bonds is 4. The summed E-state index contributed by atoms with van der Waals surface area (Å²) < 4.78 is 5.77. The third kappa shape index (κ3) is 3.28. The Morgan fingerprint density at radius 2 is 1.88 bits per heavy atom. The molecule has 6 nitrogen and oxygen atoms in total. The number of amides is 2. The van der Waals surface area contributed by atoms with Crippen molar-refractivity contribution in [1.29, 1.82) is 0 Å². The van der Waals surface area contributed by atoms with Gasteiger partial charge in [-0.25, -0.2) is 0 Å². The number of carbonyl (C=O) groups excluding carboxylic acids is 2. The van der Waals surface area contributed by atoms with Crippen LogP contribution >= 0.6 is 0 Å². The molecule has 1 fully saturated rings. The van der Waals surface area contributed by atoms with Gasteiger partial charge in [0, 0.05) is 43.7 Å². The molecule has 3 rings (SSSR count). The smallest absolute Gasteiger partial charge is 0.289 e. The van der Waals surface area contributed by atoms with Crippen LogP contribution in [0.25, 0.3) is 11.0 Å². The Bertz CT molecular complexity index is 745. The Labute approximate surface area is 141 Å². The van der Waals surface area contributed by atoms with Gasteiger partial charge in [0.15, 0.2) is 5.76 Å². The maximum absolute atomic E-state index is 12.8. The second-order valence-electron chi connectivity index (χ2n) is 6.07. The largest absolute Gasteiger partial charge is 0.451 e. The van der Waals surface area contributed by atoms with Crippen molar-refractivity contribution in [2.45, 2.75) is 13.8 Å². The average Bonchev–Trinajstić information content (AvgIpc) is 2.92. The van der Waals surface area contributed by atoms with Crippen molar-refractivity contribution in [3.8, 4) is 0 Å². The number of fused-ring (bicyclic) bond motifs is 1. The minimum Gasteiger partial charge on any atom is -0.451 e. The standard InChI is InChI=1S/C18H23N3O3/c1-3-19-16(22)12-20-8-10-21(11-9-20)18(23)17-13(2)14-6-4-5-7-15(14)24-17/h4-7H,3,8-12H2,1-2H3,(H,19,22). The highest BCUT2D eigenvalue weighted by molar-refractivity contribution is 5.99. The summed E-state index contributed by atoms with van der Waals surface area (Å²) in [6, 6.07) is 7.69. The van der Waals surface area contributed by atoms with Crippen LogP contribution in [-0.2, 0) is 4.79 Å². The molecule has 1 N–H and O–H groups in total. The van der Waals surface area contributed by atoms with E-state index < -0.39 is 0 Å². The van der Waals surface area contributed by atoms with Gasteiger partial charge in [-0.1, -0.05) is 18.2 Å². The number of benzene rings is 1. The van der Waals surface area contributed by atoms with Gasteiger partial charge in [-0.15, -0.1) is 0 Å². The molecular formula is C18H23N3O3. The van der Waals surface area contributed by atoms with E-state index in [1.165, 1.54) is 0 Å². The fourth-order valence-electron chi connectivity index (χ4n) is 3.09. The molecule has 1 aromatic heterocycles. The predicted molar refractivity (Wildman–Crippen MR) is 92.0 cm³/mol. The molecule has 24 heavy (non-hydrogen) atoms. The molecule has 6 heteroatoms. The van der Waals surface area contributed by atoms with Crippen molar-refractivity contribution >= 4 is 22.8 Å². The van der Waals surface area contributed by atoms with Crippen LogP contribution in [0.4, 0.5) is 0 Å². The number of likely N-dealkylation sites (N-methyl/N-ethyl adjacent to an activating group) is 1. The SMILES string of the molecule is CCNC(=O)CN1CCN(C(=O)c2oc3ccccc3c2C)CC1. The highest BCUT2D eigenvalue weighted by Gasteiger charge is 2.27. The van der Waals surface area contributed by atoms with Crippen LogP contribution in [-0.4, -0.2) is 60.9 Å². The molecule has 0 saturated carbocycles. The molecule has 0 spiro atoms. The topological polar surface area (TPSA) is 65.8 Å². The quantitative estimate of drug-likeness (QED) is 0.926. The normalized spacial score (nSPS) is 15.7. The fraction of sp³-hybridized carbons (Fsp3) is 0.444. The molecule has 0 bridgehead atoms. The van der Waals surface area contributed by atoms with Crippen molar-refractivity contribution in [1.82, 2.24) is 15.1 Å². The summed E-state index contributed by atoms with van der Waals surface area (Å²) in [5.74, 6) is 0.389. The van der Waals surface area contributed by atoms with Crippen molar-refractivity contribution in [2.24, 2.45) is 0 Å². The second kappa shape index (κ2) is 7.05. The zero-order chi connectivity index (χ0) is 17.1. The van der Waals surface area contributed by atoms with E-state index in [1.807, 2.05) is 38.1 Å². The number of hydrogen-bond donors (Lipinski definition) is 1. The van der Waals surface area contributed by atoms with Gasteiger partial charge in [-0.05, 0) is 19.9 Å². The third-order valence-electron chi connectivity index (χ3n) is 4.44. The van der Waals surface area contributed by atoms with Crippen LogP contribution in [0.15, 0.2) is 28.7 Å². The Balaban J connectivity index is 1.64. The average molecular weight is 329 g/mol. The van der Waals surface area contributed by atoms with Crippen LogP contribution in [0, 0.1) is 6.92 Å². The first kappa shape index (κ1) is 16.5. The molecule has 2 aromatic rings. The van der Waals surface area contributed by atoms with Gasteiger partial charge in [0.25, 0.3) is 5.91 Å². The van der Waals surface area contributed by atoms with Crippen LogP contribution in [0.1, 0.15) is 23.0 Å². The van der Waals surface area contributed by atoms with Crippen LogP contribution in [0.2, 0.25) is 0 Å². The zero-order valence-electron chi connectivity index (χ0n) is 14.2. The lowest BCUT2D eigenvalue weighted by molar-refractivity contribution is -0.122. The number of aryl methyl sites for hydroxylation is 1. The van der Waals surface area contributed by atoms with Crippen LogP contribution < -0.4 is 5.32 Å². The minimum absolute atomic E-state index is 0.0328. The lowest BCUT2D eigenvalue weighted by atomic mass is 10.1. The van der Waals surface area contributed by atoms with E-state index in [-0.39, 0.29) is 11.8 Å². The number of hydrogen-bond acceptors (Lipinski definition) is 4. The van der Waals surface area contributed by atoms with E-state index in [0.717, 1.165) is 16.5 Å². The lowest BCUT2D eigenvalue weighted by Gasteiger charge is -2.33. The first-order chi connectivity index (χ1) is 11.6. The van der Waals surface area contributed by atoms with Crippen molar-refractivity contribution in [3.63, 3.8) is 0 Å². The highest BCUT2D eigenvalue weighted by Crippen LogP contribution is 2.26. The Hall–Kier alpha value is -2.34. The zero-order valence-corrected chi connectivity index (χ0v) is 14.2. The number of piperazine rings is 1. The van der Waals surface area contributed by atoms with E-state index in [9.17, 15) is 9.59 Å². The number of para-hydroxylation sites is 1. The molecule has 1 aliphatic rings. The Kier molecular flexibility index (Phi) is 4.85. The summed E-state index contributed by atoms with van der Waals surface area (Å²) in [6.45, 7) is 7.46. The Morgan fingerprint density at radius 1 is 1.17 bits per heavy atom. The van der Waals surface area contributed by atoms with Gasteiger partial charge in [0.2, 0.25) is 5.91 Å². The van der Waals surface area contributed by atoms with Crippen molar-refractivity contribution in [3.05, 3.63) is 35.6 Å². The molecule has 0 unspecified atom stereocenters. The van der Waals surface area contributed by atoms with Gasteiger partial charge in [0.1, 0.15) is 5.58 Å². The highest BCUT2D eigenvalue weighted by atomic mass is 16.3. The van der Waals surface area contributed by atoms with Gasteiger partial charge in [-0.3, -0.25) is 14.5 Å². The molecule has 2 amide bonds. The molecule has 0 radical (unpaired) electrons. The first-order valence-electron chi connectivity index (χ1n) is 8.36. The molecule has 1 saturated heterocycles. The summed E-state index contributed by atoms with van der Waals surface area (Å²) in [5, 5.41) is 3.78. The first-order valence-corrected chi connectivity index (χ1v) is 8.36. The van der Waals surface area contributed by atoms with E-state index in [2.05, 4.69) is 10.2 Å². The number of carbonyl (C=O) groups is 2. The molecule has 2 heterocycles. The third-order valence-corrected chi connectivity index (χ3v) is 4.44. The van der Waals surface area contributed by atoms with E-state index in [0.29, 0.717) is 45.0 Å². The second-order valence-corrected chi connectivity index (χ2v) is 6.07. The molecule has 1 aliphatic heterocycles. The molecule has 128 valence electrons. The molecule has 0 atom stereocenters. The molecular weight excluding hydrogens is 306 g/mol. The van der Waals surface area contributed by atoms with Crippen molar-refractivity contribution in [2.75, 3.05) is 39.3 Å². The fourth-order valence-corrected chi connectivity index (χ4v) is 3.09. The van der Waals surface area contributed by atoms with Crippen LogP contribution in [0.3, 0.4) is 0 Å². The summed E-state index contributed by atoms with van der Waals surface area (Å²) >= 11 is 0. The van der Waals surface area contributed by atoms with E-state index in [1.54, 1.807) is 4.90 Å². The summed E-state index contributed by atoms with van der Waals surface area (Å²) in [7, 11) is 0. The van der Waals surface area contributed by atoms with E-state index in [4.69, 9.17) is 4.42 Å². The molecule has 0 aliphatic carbocycles. The number of nitrogens with one attached hydrogen (secondary N) is 1. The monoisotopic (exact) mass is 329 g/mol. The van der Waals surface area contributed by atoms with Gasteiger partial charge < -0.3 is 14.6 Å². The molecule has 1 aromatic carbocycles. The maximum Gasteiger partial charge on any atom is 0.289 e. The van der Waals surface area contributed by atoms with E-state index >= 15 is 0 Å². The maximum atomic E-state index is 12.8. The van der Waals surface area contributed by atoms with Gasteiger partial charge in [-0.2, -0.15) is 0 Å².